The second-order valence-corrected chi connectivity index (χ2v) is 4.07. The summed E-state index contributed by atoms with van der Waals surface area (Å²) < 4.78 is 7.60. The quantitative estimate of drug-likeness (QED) is 0.709. The van der Waals surface area contributed by atoms with Gasteiger partial charge in [0.1, 0.15) is 11.6 Å². The molecule has 3 nitrogen and oxygen atoms in total. The molecule has 3 heteroatoms. The molecule has 0 saturated carbocycles. The molecule has 0 fully saturated rings. The Morgan fingerprint density at radius 3 is 3.07 bits per heavy atom. The minimum Gasteiger partial charge on any atom is -0.497 e. The van der Waals surface area contributed by atoms with Crippen molar-refractivity contribution in [2.75, 3.05) is 7.11 Å². The fourth-order valence-electron chi connectivity index (χ4n) is 2.45. The highest BCUT2D eigenvalue weighted by molar-refractivity contribution is 5.82. The molecule has 2 aromatic rings. The van der Waals surface area contributed by atoms with Gasteiger partial charge < -0.3 is 9.30 Å². The van der Waals surface area contributed by atoms with Gasteiger partial charge in [0, 0.05) is 12.6 Å². The molecule has 1 aliphatic rings. The predicted molar refractivity (Wildman–Crippen MR) is 59.3 cm³/mol. The van der Waals surface area contributed by atoms with Crippen LogP contribution in [0.5, 0.6) is 5.75 Å². The van der Waals surface area contributed by atoms with Crippen LogP contribution in [0.15, 0.2) is 12.1 Å². The summed E-state index contributed by atoms with van der Waals surface area (Å²) in [7, 11) is 1.71. The van der Waals surface area contributed by atoms with E-state index in [4.69, 9.17) is 4.74 Å². The van der Waals surface area contributed by atoms with Crippen LogP contribution in [0.1, 0.15) is 17.8 Å². The lowest BCUT2D eigenvalue weighted by atomic mass is 10.0. The fourth-order valence-corrected chi connectivity index (χ4v) is 2.45. The first-order valence-electron chi connectivity index (χ1n) is 5.33. The Balaban J connectivity index is 2.39. The lowest BCUT2D eigenvalue weighted by Crippen LogP contribution is -2.08. The van der Waals surface area contributed by atoms with Crippen LogP contribution in [0.3, 0.4) is 0 Å². The monoisotopic (exact) mass is 202 g/mol. The summed E-state index contributed by atoms with van der Waals surface area (Å²) >= 11 is 0. The normalized spacial score (nSPS) is 14.5. The molecule has 0 atom stereocenters. The molecule has 1 aromatic heterocycles. The molecule has 3 rings (SSSR count). The second-order valence-electron chi connectivity index (χ2n) is 4.07. The molecule has 1 aromatic carbocycles. The van der Waals surface area contributed by atoms with Crippen molar-refractivity contribution < 1.29 is 4.74 Å². The molecule has 0 amide bonds. The number of aryl methyl sites for hydroxylation is 3. The van der Waals surface area contributed by atoms with Crippen LogP contribution >= 0.6 is 0 Å². The zero-order valence-electron chi connectivity index (χ0n) is 9.08. The topological polar surface area (TPSA) is 27.1 Å². The van der Waals surface area contributed by atoms with E-state index in [1.54, 1.807) is 7.11 Å². The van der Waals surface area contributed by atoms with Gasteiger partial charge in [0.15, 0.2) is 0 Å². The van der Waals surface area contributed by atoms with E-state index in [2.05, 4.69) is 22.5 Å². The van der Waals surface area contributed by atoms with E-state index in [-0.39, 0.29) is 0 Å². The van der Waals surface area contributed by atoms with Crippen LogP contribution in [0, 0.1) is 6.92 Å². The summed E-state index contributed by atoms with van der Waals surface area (Å²) in [5.41, 5.74) is 3.75. The third kappa shape index (κ3) is 1.16. The van der Waals surface area contributed by atoms with E-state index >= 15 is 0 Å². The number of rotatable bonds is 1. The highest BCUT2D eigenvalue weighted by Gasteiger charge is 2.16. The Morgan fingerprint density at radius 2 is 2.27 bits per heavy atom. The summed E-state index contributed by atoms with van der Waals surface area (Å²) in [6, 6.07) is 4.16. The maximum Gasteiger partial charge on any atom is 0.121 e. The van der Waals surface area contributed by atoms with Crippen molar-refractivity contribution in [3.63, 3.8) is 0 Å². The fraction of sp³-hybridized carbons (Fsp3) is 0.417. The zero-order chi connectivity index (χ0) is 10.4. The molecule has 0 bridgehead atoms. The van der Waals surface area contributed by atoms with E-state index in [1.807, 2.05) is 6.07 Å². The minimum atomic E-state index is 0.920. The average molecular weight is 202 g/mol. The smallest absolute Gasteiger partial charge is 0.121 e. The summed E-state index contributed by atoms with van der Waals surface area (Å²) in [4.78, 5) is 4.58. The summed E-state index contributed by atoms with van der Waals surface area (Å²) in [6.07, 6.45) is 2.34. The molecule has 15 heavy (non-hydrogen) atoms. The van der Waals surface area contributed by atoms with Crippen molar-refractivity contribution >= 4 is 11.0 Å². The van der Waals surface area contributed by atoms with Gasteiger partial charge in [-0.3, -0.25) is 0 Å². The second kappa shape index (κ2) is 2.99. The lowest BCUT2D eigenvalue weighted by Gasteiger charge is -2.16. The van der Waals surface area contributed by atoms with Crippen molar-refractivity contribution in [2.45, 2.75) is 26.3 Å². The number of nitrogens with zero attached hydrogens (tertiary/aromatic N) is 2. The molecular weight excluding hydrogens is 188 g/mol. The Labute approximate surface area is 88.7 Å². The van der Waals surface area contributed by atoms with Crippen molar-refractivity contribution in [3.8, 4) is 5.75 Å². The highest BCUT2D eigenvalue weighted by Crippen LogP contribution is 2.30. The number of methoxy groups -OCH3 is 1. The van der Waals surface area contributed by atoms with Gasteiger partial charge in [-0.15, -0.1) is 0 Å². The third-order valence-electron chi connectivity index (χ3n) is 3.15. The molecule has 0 saturated heterocycles. The van der Waals surface area contributed by atoms with E-state index in [1.165, 1.54) is 17.5 Å². The van der Waals surface area contributed by atoms with Gasteiger partial charge in [-0.2, -0.15) is 0 Å². The molecule has 0 unspecified atom stereocenters. The molecule has 0 spiro atoms. The van der Waals surface area contributed by atoms with E-state index in [0.717, 1.165) is 30.1 Å². The number of aromatic nitrogens is 2. The SMILES string of the molecule is COc1cc2c3c(c1)nc(C)n3CCC2. The lowest BCUT2D eigenvalue weighted by molar-refractivity contribution is 0.414. The average Bonchev–Trinajstić information content (AvgIpc) is 2.58. The number of hydrogen-bond acceptors (Lipinski definition) is 2. The molecule has 0 aliphatic carbocycles. The zero-order valence-corrected chi connectivity index (χ0v) is 9.08. The van der Waals surface area contributed by atoms with Gasteiger partial charge >= 0.3 is 0 Å². The summed E-state index contributed by atoms with van der Waals surface area (Å²) in [5.74, 6) is 2.03. The molecule has 1 aliphatic heterocycles. The van der Waals surface area contributed by atoms with Gasteiger partial charge in [0.2, 0.25) is 0 Å². The summed E-state index contributed by atoms with van der Waals surface area (Å²) in [5, 5.41) is 0. The van der Waals surface area contributed by atoms with E-state index < -0.39 is 0 Å². The maximum atomic E-state index is 5.29. The van der Waals surface area contributed by atoms with Gasteiger partial charge in [-0.25, -0.2) is 4.98 Å². The van der Waals surface area contributed by atoms with Crippen molar-refractivity contribution in [1.29, 1.82) is 0 Å². The van der Waals surface area contributed by atoms with Crippen molar-refractivity contribution in [3.05, 3.63) is 23.5 Å². The first kappa shape index (κ1) is 8.77. The van der Waals surface area contributed by atoms with Crippen LogP contribution in [-0.2, 0) is 13.0 Å². The predicted octanol–water partition coefficient (Wildman–Crippen LogP) is 2.30. The maximum absolute atomic E-state index is 5.29. The number of benzene rings is 1. The van der Waals surface area contributed by atoms with Crippen LogP contribution in [-0.4, -0.2) is 16.7 Å². The Hall–Kier alpha value is -1.51. The van der Waals surface area contributed by atoms with Crippen LogP contribution in [0.25, 0.3) is 11.0 Å². The van der Waals surface area contributed by atoms with Crippen molar-refractivity contribution in [1.82, 2.24) is 9.55 Å². The Bertz CT molecular complexity index is 528. The van der Waals surface area contributed by atoms with E-state index in [0.29, 0.717) is 0 Å². The van der Waals surface area contributed by atoms with E-state index in [9.17, 15) is 0 Å². The van der Waals surface area contributed by atoms with Crippen LogP contribution in [0.4, 0.5) is 0 Å². The van der Waals surface area contributed by atoms with Gasteiger partial charge in [0.25, 0.3) is 0 Å². The molecule has 0 N–H and O–H groups in total. The molecular formula is C12H14N2O. The van der Waals surface area contributed by atoms with Gasteiger partial charge in [-0.05, 0) is 31.4 Å². The Kier molecular flexibility index (Phi) is 1.75. The largest absolute Gasteiger partial charge is 0.497 e. The third-order valence-corrected chi connectivity index (χ3v) is 3.15. The van der Waals surface area contributed by atoms with Gasteiger partial charge in [0.05, 0.1) is 18.1 Å². The van der Waals surface area contributed by atoms with Gasteiger partial charge in [-0.1, -0.05) is 0 Å². The standard InChI is InChI=1S/C12H14N2O/c1-8-13-11-7-10(15-2)6-9-4-3-5-14(8)12(9)11/h6-7H,3-5H2,1-2H3. The molecule has 0 radical (unpaired) electrons. The number of imidazole rings is 1. The summed E-state index contributed by atoms with van der Waals surface area (Å²) in [6.45, 7) is 3.17. The van der Waals surface area contributed by atoms with Crippen molar-refractivity contribution in [2.24, 2.45) is 0 Å². The number of hydrogen-bond donors (Lipinski definition) is 0. The van der Waals surface area contributed by atoms with Crippen LogP contribution in [0.2, 0.25) is 0 Å². The minimum absolute atomic E-state index is 0.920. The molecule has 78 valence electrons. The van der Waals surface area contributed by atoms with Crippen LogP contribution < -0.4 is 4.74 Å². The highest BCUT2D eigenvalue weighted by atomic mass is 16.5. The molecule has 2 heterocycles. The first-order chi connectivity index (χ1) is 7.29. The number of ether oxygens (including phenoxy) is 1. The first-order valence-corrected chi connectivity index (χ1v) is 5.33. The Morgan fingerprint density at radius 1 is 1.40 bits per heavy atom.